The van der Waals surface area contributed by atoms with Crippen molar-refractivity contribution in [3.63, 3.8) is 0 Å². The van der Waals surface area contributed by atoms with E-state index in [0.717, 1.165) is 4.52 Å². The number of hydrogen-bond acceptors (Lipinski definition) is 8. The molecule has 2 saturated carbocycles. The molecule has 2 unspecified atom stereocenters. The first-order valence-electron chi connectivity index (χ1n) is 14.7. The number of carbonyl (C=O) groups excluding carboxylic acids is 2. The lowest BCUT2D eigenvalue weighted by Gasteiger charge is -2.40. The molecule has 6 rings (SSSR count). The summed E-state index contributed by atoms with van der Waals surface area (Å²) in [6.45, 7) is 2.23. The molecule has 3 fully saturated rings. The molecular weight excluding hydrogens is 623 g/mol. The van der Waals surface area contributed by atoms with E-state index in [1.54, 1.807) is 37.9 Å². The van der Waals surface area contributed by atoms with Crippen LogP contribution in [0.25, 0.3) is 5.78 Å². The van der Waals surface area contributed by atoms with Gasteiger partial charge in [-0.15, -0.1) is 5.10 Å². The van der Waals surface area contributed by atoms with Crippen LogP contribution in [-0.4, -0.2) is 104 Å². The van der Waals surface area contributed by atoms with Gasteiger partial charge in [0.25, 0.3) is 17.0 Å². The summed E-state index contributed by atoms with van der Waals surface area (Å²) in [6.07, 6.45) is -4.81. The molecule has 1 aliphatic heterocycles. The molecule has 0 bridgehead atoms. The molecule has 46 heavy (non-hydrogen) atoms. The number of piperazine rings is 1. The molecule has 19 heteroatoms. The third-order valence-electron chi connectivity index (χ3n) is 9.34. The minimum Gasteiger partial charge on any atom is -0.362 e. The van der Waals surface area contributed by atoms with Crippen LogP contribution in [0.4, 0.5) is 33.6 Å². The number of H-pyrrole nitrogens is 1. The van der Waals surface area contributed by atoms with Gasteiger partial charge >= 0.3 is 12.1 Å². The Hall–Kier alpha value is -4.45. The normalized spacial score (nSPS) is 22.9. The number of alkyl halides is 5. The summed E-state index contributed by atoms with van der Waals surface area (Å²) in [4.78, 5) is 61.5. The Bertz CT molecular complexity index is 1830. The molecule has 0 radical (unpaired) electrons. The number of aryl methyl sites for hydroxylation is 1. The van der Waals surface area contributed by atoms with E-state index in [1.807, 2.05) is 0 Å². The van der Waals surface area contributed by atoms with Crippen molar-refractivity contribution in [1.29, 1.82) is 0 Å². The van der Waals surface area contributed by atoms with Gasteiger partial charge in [0.2, 0.25) is 17.6 Å². The number of amides is 2. The zero-order chi connectivity index (χ0) is 33.5. The number of nitrogens with one attached hydrogen (secondary N) is 2. The van der Waals surface area contributed by atoms with E-state index in [0.29, 0.717) is 5.69 Å². The van der Waals surface area contributed by atoms with Crippen molar-refractivity contribution in [2.75, 3.05) is 50.1 Å². The van der Waals surface area contributed by atoms with E-state index in [1.165, 1.54) is 20.3 Å². The smallest absolute Gasteiger partial charge is 0.362 e. The van der Waals surface area contributed by atoms with E-state index < -0.39 is 65.4 Å². The number of aromatic amines is 1. The quantitative estimate of drug-likeness (QED) is 0.336. The molecule has 2 N–H and O–H groups in total. The number of anilines is 2. The lowest BCUT2D eigenvalue weighted by atomic mass is 9.75. The Morgan fingerprint density at radius 2 is 1.78 bits per heavy atom. The molecule has 2 amide bonds. The van der Waals surface area contributed by atoms with Gasteiger partial charge in [-0.3, -0.25) is 29.0 Å². The Morgan fingerprint density at radius 3 is 2.33 bits per heavy atom. The van der Waals surface area contributed by atoms with Gasteiger partial charge in [0, 0.05) is 59.6 Å². The van der Waals surface area contributed by atoms with Gasteiger partial charge in [0.1, 0.15) is 17.8 Å². The van der Waals surface area contributed by atoms with Crippen molar-refractivity contribution >= 4 is 29.2 Å². The van der Waals surface area contributed by atoms with Crippen LogP contribution in [0, 0.1) is 11.3 Å². The highest BCUT2D eigenvalue weighted by Crippen LogP contribution is 2.76. The zero-order valence-electron chi connectivity index (χ0n) is 25.5. The largest absolute Gasteiger partial charge is 0.453 e. The minimum absolute atomic E-state index is 0.00385. The first-order chi connectivity index (χ1) is 21.5. The molecule has 250 valence electrons. The highest BCUT2D eigenvalue weighted by atomic mass is 19.4. The molecule has 4 heterocycles. The fraction of sp³-hybridized carbons (Fsp3) is 0.630. The van der Waals surface area contributed by atoms with Gasteiger partial charge in [-0.05, 0) is 25.2 Å². The third-order valence-corrected chi connectivity index (χ3v) is 9.34. The van der Waals surface area contributed by atoms with Crippen LogP contribution >= 0.6 is 0 Å². The van der Waals surface area contributed by atoms with Crippen LogP contribution in [0.15, 0.2) is 15.8 Å². The summed E-state index contributed by atoms with van der Waals surface area (Å²) < 4.78 is 71.1. The summed E-state index contributed by atoms with van der Waals surface area (Å²) in [6, 6.07) is -0.835. The summed E-state index contributed by atoms with van der Waals surface area (Å²) in [5.41, 5.74) is -2.53. The SMILES string of the molecule is CCc1c(N2CCN(C(=O)c3cn(C)[nH]c3=O)CC2)c(=O)n2nc(N(C)C)nc2n1CC(=O)N[C@@H]1CC2(C(F)(F)C(F)(F)F)CC12. The van der Waals surface area contributed by atoms with Gasteiger partial charge < -0.3 is 24.6 Å². The third kappa shape index (κ3) is 4.72. The number of fused-ring (bicyclic) bond motifs is 2. The Morgan fingerprint density at radius 1 is 1.11 bits per heavy atom. The predicted octanol–water partition coefficient (Wildman–Crippen LogP) is 0.601. The van der Waals surface area contributed by atoms with Crippen LogP contribution in [0.5, 0.6) is 0 Å². The molecule has 3 atom stereocenters. The average molecular weight is 657 g/mol. The van der Waals surface area contributed by atoms with Crippen molar-refractivity contribution in [2.45, 2.75) is 50.9 Å². The van der Waals surface area contributed by atoms with Gasteiger partial charge in [-0.25, -0.2) is 0 Å². The van der Waals surface area contributed by atoms with Crippen LogP contribution in [-0.2, 0) is 24.8 Å². The molecular formula is C27H33F5N10O4. The van der Waals surface area contributed by atoms with Crippen LogP contribution in [0.3, 0.4) is 0 Å². The number of carbonyl (C=O) groups is 2. The maximum Gasteiger partial charge on any atom is 0.453 e. The average Bonchev–Trinajstić information content (AvgIpc) is 3.23. The van der Waals surface area contributed by atoms with Crippen molar-refractivity contribution in [3.8, 4) is 0 Å². The van der Waals surface area contributed by atoms with Crippen LogP contribution in [0.1, 0.15) is 35.8 Å². The molecule has 14 nitrogen and oxygen atoms in total. The topological polar surface area (TPSA) is 146 Å². The lowest BCUT2D eigenvalue weighted by Crippen LogP contribution is -2.57. The minimum atomic E-state index is -5.67. The van der Waals surface area contributed by atoms with Gasteiger partial charge in [-0.1, -0.05) is 6.92 Å². The number of hydrogen-bond donors (Lipinski definition) is 2. The zero-order valence-corrected chi connectivity index (χ0v) is 25.5. The molecule has 0 aromatic carbocycles. The second kappa shape index (κ2) is 10.5. The van der Waals surface area contributed by atoms with Crippen LogP contribution in [0.2, 0.25) is 0 Å². The van der Waals surface area contributed by atoms with Crippen molar-refractivity contribution in [1.82, 2.24) is 39.2 Å². The maximum absolute atomic E-state index is 14.1. The number of rotatable bonds is 8. The maximum atomic E-state index is 14.1. The van der Waals surface area contributed by atoms with Crippen molar-refractivity contribution < 1.29 is 31.5 Å². The van der Waals surface area contributed by atoms with E-state index in [2.05, 4.69) is 20.5 Å². The summed E-state index contributed by atoms with van der Waals surface area (Å²) in [5, 5.41) is 9.43. The summed E-state index contributed by atoms with van der Waals surface area (Å²) in [5.74, 6) is -6.66. The highest BCUT2D eigenvalue weighted by Gasteiger charge is 2.85. The van der Waals surface area contributed by atoms with Crippen LogP contribution < -0.4 is 26.2 Å². The Labute approximate surface area is 257 Å². The fourth-order valence-corrected chi connectivity index (χ4v) is 6.86. The van der Waals surface area contributed by atoms with Crippen molar-refractivity contribution in [2.24, 2.45) is 18.4 Å². The van der Waals surface area contributed by atoms with Gasteiger partial charge in [0.05, 0.1) is 11.1 Å². The molecule has 3 aromatic rings. The first kappa shape index (κ1) is 31.5. The lowest BCUT2D eigenvalue weighted by molar-refractivity contribution is -0.320. The molecule has 1 saturated heterocycles. The van der Waals surface area contributed by atoms with Gasteiger partial charge in [-0.2, -0.15) is 31.5 Å². The van der Waals surface area contributed by atoms with E-state index in [4.69, 9.17) is 0 Å². The van der Waals surface area contributed by atoms with E-state index >= 15 is 0 Å². The molecule has 3 aliphatic rings. The molecule has 3 aromatic heterocycles. The number of aromatic nitrogens is 6. The van der Waals surface area contributed by atoms with Crippen molar-refractivity contribution in [3.05, 3.63) is 38.2 Å². The second-order valence-electron chi connectivity index (χ2n) is 12.3. The molecule has 0 spiro atoms. The first-order valence-corrected chi connectivity index (χ1v) is 14.7. The Kier molecular flexibility index (Phi) is 7.23. The van der Waals surface area contributed by atoms with E-state index in [-0.39, 0.29) is 62.0 Å². The predicted molar refractivity (Wildman–Crippen MR) is 153 cm³/mol. The highest BCUT2D eigenvalue weighted by molar-refractivity contribution is 5.93. The summed E-state index contributed by atoms with van der Waals surface area (Å²) in [7, 11) is 4.93. The van der Waals surface area contributed by atoms with Gasteiger partial charge in [0.15, 0.2) is 0 Å². The fourth-order valence-electron chi connectivity index (χ4n) is 6.86. The summed E-state index contributed by atoms with van der Waals surface area (Å²) >= 11 is 0. The van der Waals surface area contributed by atoms with E-state index in [9.17, 15) is 41.1 Å². The number of nitrogens with zero attached hydrogens (tertiary/aromatic N) is 8. The molecule has 2 aliphatic carbocycles. The Balaban J connectivity index is 1.26. The standard InChI is InChI=1S/C27H33F5N10O4/c1-5-17-19(39-6-8-40(9-7-39)21(45)14-12-38(4)35-20(14)44)22(46)42-24(34-23(36-42)37(2)3)41(17)13-18(43)33-16-11-25(10-15(16)25)26(28,29)27(30,31)32/h12,15-16H,5-11,13H2,1-4H3,(H,33,43)(H,35,44)/t15?,16-,25?/m1/s1. The number of halogens is 5. The monoisotopic (exact) mass is 656 g/mol. The second-order valence-corrected chi connectivity index (χ2v) is 12.3.